The standard InChI is InChI=1S/C18H25F3N6/c1-14-25-26-16(27(14)2)13-24-17(22-11-7-6-10-18(19,20)21)23-12-15-8-4-3-5-9-15/h3-5,8-9H,6-7,10-13H2,1-2H3,(H2,22,23,24). The van der Waals surface area contributed by atoms with Gasteiger partial charge in [0.05, 0.1) is 13.1 Å². The van der Waals surface area contributed by atoms with E-state index in [-0.39, 0.29) is 6.42 Å². The molecule has 6 nitrogen and oxygen atoms in total. The van der Waals surface area contributed by atoms with Crippen molar-refractivity contribution >= 4 is 5.96 Å². The molecule has 2 aromatic rings. The second kappa shape index (κ2) is 9.94. The zero-order valence-electron chi connectivity index (χ0n) is 15.6. The summed E-state index contributed by atoms with van der Waals surface area (Å²) >= 11 is 0. The molecule has 0 fully saturated rings. The van der Waals surface area contributed by atoms with Crippen molar-refractivity contribution in [3.63, 3.8) is 0 Å². The molecule has 2 N–H and O–H groups in total. The first-order valence-electron chi connectivity index (χ1n) is 8.83. The van der Waals surface area contributed by atoms with Crippen molar-refractivity contribution in [3.8, 4) is 0 Å². The van der Waals surface area contributed by atoms with Crippen LogP contribution in [0.15, 0.2) is 35.3 Å². The van der Waals surface area contributed by atoms with E-state index >= 15 is 0 Å². The van der Waals surface area contributed by atoms with Gasteiger partial charge < -0.3 is 15.2 Å². The molecule has 1 aromatic carbocycles. The Balaban J connectivity index is 1.90. The molecule has 0 saturated heterocycles. The molecule has 148 valence electrons. The molecular weight excluding hydrogens is 357 g/mol. The molecule has 2 rings (SSSR count). The maximum absolute atomic E-state index is 12.2. The fourth-order valence-electron chi connectivity index (χ4n) is 2.35. The highest BCUT2D eigenvalue weighted by Gasteiger charge is 2.25. The van der Waals surface area contributed by atoms with E-state index in [1.807, 2.05) is 48.9 Å². The molecule has 1 aromatic heterocycles. The van der Waals surface area contributed by atoms with Gasteiger partial charge in [-0.2, -0.15) is 13.2 Å². The summed E-state index contributed by atoms with van der Waals surface area (Å²) in [6.07, 6.45) is -4.37. The van der Waals surface area contributed by atoms with Crippen molar-refractivity contribution in [2.45, 2.75) is 45.5 Å². The number of hydrogen-bond donors (Lipinski definition) is 2. The maximum Gasteiger partial charge on any atom is 0.389 e. The number of benzene rings is 1. The third-order valence-corrected chi connectivity index (χ3v) is 4.04. The number of guanidine groups is 1. The van der Waals surface area contributed by atoms with E-state index in [2.05, 4.69) is 25.8 Å². The number of hydrogen-bond acceptors (Lipinski definition) is 3. The largest absolute Gasteiger partial charge is 0.389 e. The van der Waals surface area contributed by atoms with Crippen LogP contribution < -0.4 is 10.6 Å². The fraction of sp³-hybridized carbons (Fsp3) is 0.500. The number of unbranched alkanes of at least 4 members (excludes halogenated alkanes) is 1. The lowest BCUT2D eigenvalue weighted by Crippen LogP contribution is -2.38. The van der Waals surface area contributed by atoms with Crippen molar-refractivity contribution in [2.24, 2.45) is 12.0 Å². The van der Waals surface area contributed by atoms with E-state index in [1.165, 1.54) is 0 Å². The van der Waals surface area contributed by atoms with Crippen LogP contribution in [0.2, 0.25) is 0 Å². The SMILES string of the molecule is Cc1nnc(CNC(=NCc2ccccc2)NCCCCC(F)(F)F)n1C. The Bertz CT molecular complexity index is 724. The van der Waals surface area contributed by atoms with Crippen LogP contribution in [0.3, 0.4) is 0 Å². The minimum Gasteiger partial charge on any atom is -0.356 e. The molecule has 0 aliphatic carbocycles. The van der Waals surface area contributed by atoms with Crippen molar-refractivity contribution in [2.75, 3.05) is 6.54 Å². The van der Waals surface area contributed by atoms with E-state index in [0.29, 0.717) is 32.0 Å². The molecule has 9 heteroatoms. The highest BCUT2D eigenvalue weighted by Crippen LogP contribution is 2.21. The molecule has 0 atom stereocenters. The van der Waals surface area contributed by atoms with Gasteiger partial charge in [-0.05, 0) is 25.3 Å². The van der Waals surface area contributed by atoms with Crippen LogP contribution >= 0.6 is 0 Å². The van der Waals surface area contributed by atoms with Crippen LogP contribution in [-0.4, -0.2) is 33.4 Å². The number of aliphatic imine (C=N–C) groups is 1. The predicted molar refractivity (Wildman–Crippen MR) is 98.1 cm³/mol. The van der Waals surface area contributed by atoms with Gasteiger partial charge in [0.25, 0.3) is 0 Å². The minimum atomic E-state index is -4.11. The average Bonchev–Trinajstić information content (AvgIpc) is 2.95. The highest BCUT2D eigenvalue weighted by molar-refractivity contribution is 5.79. The van der Waals surface area contributed by atoms with E-state index < -0.39 is 12.6 Å². The quantitative estimate of drug-likeness (QED) is 0.418. The van der Waals surface area contributed by atoms with E-state index in [4.69, 9.17) is 0 Å². The number of rotatable bonds is 8. The molecule has 1 heterocycles. The van der Waals surface area contributed by atoms with Crippen molar-refractivity contribution in [1.82, 2.24) is 25.4 Å². The molecule has 0 spiro atoms. The second-order valence-electron chi connectivity index (χ2n) is 6.23. The number of aryl methyl sites for hydroxylation is 1. The summed E-state index contributed by atoms with van der Waals surface area (Å²) in [5, 5.41) is 14.3. The zero-order valence-corrected chi connectivity index (χ0v) is 15.6. The summed E-state index contributed by atoms with van der Waals surface area (Å²) in [6, 6.07) is 9.74. The van der Waals surface area contributed by atoms with Crippen LogP contribution in [0.4, 0.5) is 13.2 Å². The molecule has 0 unspecified atom stereocenters. The monoisotopic (exact) mass is 382 g/mol. The topological polar surface area (TPSA) is 67.1 Å². The number of aromatic nitrogens is 3. The lowest BCUT2D eigenvalue weighted by molar-refractivity contribution is -0.135. The fourth-order valence-corrected chi connectivity index (χ4v) is 2.35. The summed E-state index contributed by atoms with van der Waals surface area (Å²) < 4.78 is 38.5. The van der Waals surface area contributed by atoms with Crippen LogP contribution in [0.1, 0.15) is 36.5 Å². The number of nitrogens with one attached hydrogen (secondary N) is 2. The van der Waals surface area contributed by atoms with Crippen LogP contribution in [0.25, 0.3) is 0 Å². The Morgan fingerprint density at radius 1 is 1.11 bits per heavy atom. The molecular formula is C18H25F3N6. The van der Waals surface area contributed by atoms with Gasteiger partial charge in [-0.3, -0.25) is 0 Å². The van der Waals surface area contributed by atoms with E-state index in [1.54, 1.807) is 0 Å². The van der Waals surface area contributed by atoms with Crippen LogP contribution in [-0.2, 0) is 20.1 Å². The summed E-state index contributed by atoms with van der Waals surface area (Å²) in [5.41, 5.74) is 1.05. The molecule has 0 aliphatic heterocycles. The first-order valence-corrected chi connectivity index (χ1v) is 8.83. The lowest BCUT2D eigenvalue weighted by atomic mass is 10.2. The Hall–Kier alpha value is -2.58. The third-order valence-electron chi connectivity index (χ3n) is 4.04. The molecule has 0 aliphatic rings. The third kappa shape index (κ3) is 7.67. The summed E-state index contributed by atoms with van der Waals surface area (Å²) in [6.45, 7) is 3.16. The molecule has 27 heavy (non-hydrogen) atoms. The van der Waals surface area contributed by atoms with Gasteiger partial charge in [-0.1, -0.05) is 30.3 Å². The Labute approximate surface area is 156 Å². The summed E-state index contributed by atoms with van der Waals surface area (Å²) in [7, 11) is 1.87. The van der Waals surface area contributed by atoms with Crippen molar-refractivity contribution in [1.29, 1.82) is 0 Å². The number of alkyl halides is 3. The summed E-state index contributed by atoms with van der Waals surface area (Å²) in [4.78, 5) is 4.51. The zero-order chi connectivity index (χ0) is 19.7. The van der Waals surface area contributed by atoms with Crippen LogP contribution in [0.5, 0.6) is 0 Å². The Kier molecular flexibility index (Phi) is 7.63. The Morgan fingerprint density at radius 2 is 1.85 bits per heavy atom. The minimum absolute atomic E-state index is 0.0882. The lowest BCUT2D eigenvalue weighted by Gasteiger charge is -2.13. The van der Waals surface area contributed by atoms with E-state index in [0.717, 1.165) is 17.2 Å². The van der Waals surface area contributed by atoms with Crippen LogP contribution in [0, 0.1) is 6.92 Å². The van der Waals surface area contributed by atoms with Gasteiger partial charge >= 0.3 is 6.18 Å². The van der Waals surface area contributed by atoms with Gasteiger partial charge in [-0.25, -0.2) is 4.99 Å². The van der Waals surface area contributed by atoms with Gasteiger partial charge in [-0.15, -0.1) is 10.2 Å². The smallest absolute Gasteiger partial charge is 0.356 e. The molecule has 0 bridgehead atoms. The van der Waals surface area contributed by atoms with Crippen molar-refractivity contribution < 1.29 is 13.2 Å². The van der Waals surface area contributed by atoms with E-state index in [9.17, 15) is 13.2 Å². The summed E-state index contributed by atoms with van der Waals surface area (Å²) in [5.74, 6) is 2.08. The molecule has 0 amide bonds. The van der Waals surface area contributed by atoms with Gasteiger partial charge in [0.2, 0.25) is 0 Å². The maximum atomic E-state index is 12.2. The van der Waals surface area contributed by atoms with Crippen molar-refractivity contribution in [3.05, 3.63) is 47.5 Å². The number of halogens is 3. The highest BCUT2D eigenvalue weighted by atomic mass is 19.4. The predicted octanol–water partition coefficient (Wildman–Crippen LogP) is 3.09. The normalized spacial score (nSPS) is 12.3. The second-order valence-corrected chi connectivity index (χ2v) is 6.23. The Morgan fingerprint density at radius 3 is 2.48 bits per heavy atom. The van der Waals surface area contributed by atoms with Gasteiger partial charge in [0, 0.05) is 20.0 Å². The van der Waals surface area contributed by atoms with Gasteiger partial charge in [0.15, 0.2) is 11.8 Å². The first kappa shape index (κ1) is 20.7. The molecule has 0 saturated carbocycles. The number of nitrogens with zero attached hydrogens (tertiary/aromatic N) is 4. The first-order chi connectivity index (χ1) is 12.8. The van der Waals surface area contributed by atoms with Gasteiger partial charge in [0.1, 0.15) is 5.82 Å². The average molecular weight is 382 g/mol. The molecule has 0 radical (unpaired) electrons.